The van der Waals surface area contributed by atoms with Crippen LogP contribution in [0.5, 0.6) is 0 Å². The standard InChI is InChI=1S/C9H17BrN6/c1-6(5-16(2)3)13-8-7(10)4-12-9(14-8)15-11/h4,6H,5,11H2,1-3H3,(H2,12,13,14,15). The molecular formula is C9H17BrN6. The second-order valence-electron chi connectivity index (χ2n) is 3.84. The second kappa shape index (κ2) is 5.97. The highest BCUT2D eigenvalue weighted by atomic mass is 79.9. The van der Waals surface area contributed by atoms with Gasteiger partial charge in [-0.25, -0.2) is 10.8 Å². The van der Waals surface area contributed by atoms with Crippen molar-refractivity contribution in [2.24, 2.45) is 5.84 Å². The number of aromatic nitrogens is 2. The minimum Gasteiger partial charge on any atom is -0.365 e. The van der Waals surface area contributed by atoms with Crippen LogP contribution in [-0.2, 0) is 0 Å². The van der Waals surface area contributed by atoms with Crippen molar-refractivity contribution in [1.29, 1.82) is 0 Å². The SMILES string of the molecule is CC(CN(C)C)Nc1nc(NN)ncc1Br. The summed E-state index contributed by atoms with van der Waals surface area (Å²) in [5.41, 5.74) is 2.42. The smallest absolute Gasteiger partial charge is 0.239 e. The fraction of sp³-hybridized carbons (Fsp3) is 0.556. The maximum Gasteiger partial charge on any atom is 0.239 e. The molecule has 1 rings (SSSR count). The first-order chi connectivity index (χ1) is 7.52. The van der Waals surface area contributed by atoms with Gasteiger partial charge in [0.15, 0.2) is 0 Å². The van der Waals surface area contributed by atoms with Gasteiger partial charge in [0.2, 0.25) is 5.95 Å². The fourth-order valence-electron chi connectivity index (χ4n) is 1.36. The Balaban J connectivity index is 2.71. The van der Waals surface area contributed by atoms with Crippen molar-refractivity contribution in [2.45, 2.75) is 13.0 Å². The van der Waals surface area contributed by atoms with E-state index in [1.54, 1.807) is 6.20 Å². The minimum atomic E-state index is 0.284. The molecule has 0 aliphatic rings. The molecule has 1 heterocycles. The van der Waals surface area contributed by atoms with E-state index >= 15 is 0 Å². The molecule has 16 heavy (non-hydrogen) atoms. The molecule has 0 spiro atoms. The topological polar surface area (TPSA) is 79.1 Å². The molecule has 1 aromatic heterocycles. The molecule has 0 amide bonds. The first-order valence-corrected chi connectivity index (χ1v) is 5.72. The zero-order valence-electron chi connectivity index (χ0n) is 9.66. The van der Waals surface area contributed by atoms with E-state index in [4.69, 9.17) is 5.84 Å². The van der Waals surface area contributed by atoms with E-state index in [1.165, 1.54) is 0 Å². The maximum atomic E-state index is 5.25. The predicted octanol–water partition coefficient (Wildman–Crippen LogP) is 0.887. The monoisotopic (exact) mass is 288 g/mol. The molecule has 1 unspecified atom stereocenters. The minimum absolute atomic E-state index is 0.284. The Morgan fingerprint density at radius 1 is 1.56 bits per heavy atom. The van der Waals surface area contributed by atoms with Crippen LogP contribution >= 0.6 is 15.9 Å². The van der Waals surface area contributed by atoms with E-state index in [0.717, 1.165) is 16.8 Å². The molecule has 90 valence electrons. The molecule has 6 nitrogen and oxygen atoms in total. The quantitative estimate of drug-likeness (QED) is 0.552. The van der Waals surface area contributed by atoms with Crippen LogP contribution in [0.2, 0.25) is 0 Å². The van der Waals surface area contributed by atoms with Crippen molar-refractivity contribution in [3.05, 3.63) is 10.7 Å². The lowest BCUT2D eigenvalue weighted by Crippen LogP contribution is -2.30. The van der Waals surface area contributed by atoms with Gasteiger partial charge >= 0.3 is 0 Å². The van der Waals surface area contributed by atoms with E-state index in [2.05, 4.69) is 48.5 Å². The van der Waals surface area contributed by atoms with Gasteiger partial charge in [0.1, 0.15) is 5.82 Å². The Kier molecular flexibility index (Phi) is 4.91. The Morgan fingerprint density at radius 2 is 2.25 bits per heavy atom. The van der Waals surface area contributed by atoms with Gasteiger partial charge in [-0.3, -0.25) is 5.43 Å². The summed E-state index contributed by atoms with van der Waals surface area (Å²) in [6, 6.07) is 0.284. The number of hydrogen-bond acceptors (Lipinski definition) is 6. The second-order valence-corrected chi connectivity index (χ2v) is 4.70. The van der Waals surface area contributed by atoms with Crippen LogP contribution in [0.15, 0.2) is 10.7 Å². The average Bonchev–Trinajstić information content (AvgIpc) is 2.20. The maximum absolute atomic E-state index is 5.25. The van der Waals surface area contributed by atoms with Crippen molar-refractivity contribution in [3.8, 4) is 0 Å². The van der Waals surface area contributed by atoms with Crippen molar-refractivity contribution in [3.63, 3.8) is 0 Å². The summed E-state index contributed by atoms with van der Waals surface area (Å²) < 4.78 is 0.817. The average molecular weight is 289 g/mol. The normalized spacial score (nSPS) is 12.6. The number of hydrazine groups is 1. The van der Waals surface area contributed by atoms with E-state index in [0.29, 0.717) is 5.95 Å². The molecule has 0 aliphatic heterocycles. The molecule has 7 heteroatoms. The summed E-state index contributed by atoms with van der Waals surface area (Å²) in [5.74, 6) is 6.38. The van der Waals surface area contributed by atoms with E-state index in [9.17, 15) is 0 Å². The van der Waals surface area contributed by atoms with Gasteiger partial charge in [-0.05, 0) is 36.9 Å². The van der Waals surface area contributed by atoms with Crippen molar-refractivity contribution < 1.29 is 0 Å². The van der Waals surface area contributed by atoms with Crippen LogP contribution in [0.4, 0.5) is 11.8 Å². The molecule has 0 radical (unpaired) electrons. The van der Waals surface area contributed by atoms with Crippen LogP contribution in [-0.4, -0.2) is 41.5 Å². The molecule has 1 aromatic rings. The zero-order chi connectivity index (χ0) is 12.1. The highest BCUT2D eigenvalue weighted by Crippen LogP contribution is 2.20. The lowest BCUT2D eigenvalue weighted by atomic mass is 10.3. The Morgan fingerprint density at radius 3 is 2.81 bits per heavy atom. The first-order valence-electron chi connectivity index (χ1n) is 4.93. The van der Waals surface area contributed by atoms with Crippen LogP contribution in [0, 0.1) is 0 Å². The number of nitrogens with two attached hydrogens (primary N) is 1. The van der Waals surface area contributed by atoms with Gasteiger partial charge in [0, 0.05) is 18.8 Å². The van der Waals surface area contributed by atoms with Crippen molar-refractivity contribution in [1.82, 2.24) is 14.9 Å². The van der Waals surface area contributed by atoms with Crippen LogP contribution < -0.4 is 16.6 Å². The van der Waals surface area contributed by atoms with Gasteiger partial charge in [-0.15, -0.1) is 0 Å². The van der Waals surface area contributed by atoms with Crippen LogP contribution in [0.1, 0.15) is 6.92 Å². The third-order valence-corrected chi connectivity index (χ3v) is 2.48. The summed E-state index contributed by atoms with van der Waals surface area (Å²) in [5, 5.41) is 3.28. The number of nitrogens with zero attached hydrogens (tertiary/aromatic N) is 3. The summed E-state index contributed by atoms with van der Waals surface area (Å²) in [4.78, 5) is 10.3. The Hall–Kier alpha value is -0.920. The van der Waals surface area contributed by atoms with E-state index in [1.807, 2.05) is 14.1 Å². The Labute approximate surface area is 104 Å². The predicted molar refractivity (Wildman–Crippen MR) is 69.2 cm³/mol. The van der Waals surface area contributed by atoms with Gasteiger partial charge in [-0.2, -0.15) is 4.98 Å². The molecule has 0 saturated heterocycles. The van der Waals surface area contributed by atoms with Gasteiger partial charge < -0.3 is 10.2 Å². The van der Waals surface area contributed by atoms with Crippen LogP contribution in [0.3, 0.4) is 0 Å². The molecule has 0 bridgehead atoms. The highest BCUT2D eigenvalue weighted by Gasteiger charge is 2.08. The number of nitrogens with one attached hydrogen (secondary N) is 2. The molecule has 0 fully saturated rings. The number of rotatable bonds is 5. The van der Waals surface area contributed by atoms with Gasteiger partial charge in [0.25, 0.3) is 0 Å². The van der Waals surface area contributed by atoms with Gasteiger partial charge in [-0.1, -0.05) is 0 Å². The number of hydrogen-bond donors (Lipinski definition) is 3. The molecule has 0 aliphatic carbocycles. The van der Waals surface area contributed by atoms with E-state index in [-0.39, 0.29) is 6.04 Å². The molecular weight excluding hydrogens is 272 g/mol. The van der Waals surface area contributed by atoms with E-state index < -0.39 is 0 Å². The van der Waals surface area contributed by atoms with Crippen molar-refractivity contribution in [2.75, 3.05) is 31.4 Å². The lowest BCUT2D eigenvalue weighted by Gasteiger charge is -2.19. The molecule has 4 N–H and O–H groups in total. The third-order valence-electron chi connectivity index (χ3n) is 1.90. The molecule has 0 aromatic carbocycles. The highest BCUT2D eigenvalue weighted by molar-refractivity contribution is 9.10. The number of nitrogen functional groups attached to an aromatic ring is 1. The largest absolute Gasteiger partial charge is 0.365 e. The number of anilines is 2. The number of likely N-dealkylation sites (N-methyl/N-ethyl adjacent to an activating group) is 1. The Bertz CT molecular complexity index is 343. The summed E-state index contributed by atoms with van der Waals surface area (Å²) in [6.07, 6.45) is 1.66. The third kappa shape index (κ3) is 3.92. The number of halogens is 1. The van der Waals surface area contributed by atoms with Crippen LogP contribution in [0.25, 0.3) is 0 Å². The molecule has 1 atom stereocenters. The van der Waals surface area contributed by atoms with Crippen molar-refractivity contribution >= 4 is 27.7 Å². The molecule has 0 saturated carbocycles. The fourth-order valence-corrected chi connectivity index (χ4v) is 1.67. The zero-order valence-corrected chi connectivity index (χ0v) is 11.2. The lowest BCUT2D eigenvalue weighted by molar-refractivity contribution is 0.392. The summed E-state index contributed by atoms with van der Waals surface area (Å²) >= 11 is 3.38. The first kappa shape index (κ1) is 13.1. The van der Waals surface area contributed by atoms with Gasteiger partial charge in [0.05, 0.1) is 4.47 Å². The summed E-state index contributed by atoms with van der Waals surface area (Å²) in [6.45, 7) is 3.01. The summed E-state index contributed by atoms with van der Waals surface area (Å²) in [7, 11) is 4.06.